The average molecular weight is 1960 g/mol. The third-order valence-electron chi connectivity index (χ3n) is 27.3. The fraction of sp³-hybridized carbons (Fsp3) is 0. The second-order valence-electron chi connectivity index (χ2n) is 35.9. The van der Waals surface area contributed by atoms with E-state index in [-0.39, 0.29) is 238 Å². The molecular formula is C135H78N12O2S. The van der Waals surface area contributed by atoms with Crippen molar-refractivity contribution in [1.82, 2.24) is 58.1 Å². The maximum absolute atomic E-state index is 9.90. The Bertz CT molecular complexity index is 13300. The van der Waals surface area contributed by atoms with Crippen molar-refractivity contribution in [3.8, 4) is 136 Å². The van der Waals surface area contributed by atoms with Gasteiger partial charge in [0, 0.05) is 151 Å². The van der Waals surface area contributed by atoms with Crippen LogP contribution in [0, 0.1) is 0 Å². The Morgan fingerprint density at radius 2 is 0.553 bits per heavy atom. The first kappa shape index (κ1) is 58.6. The minimum absolute atomic E-state index is 0.00333. The van der Waals surface area contributed by atoms with E-state index in [0.717, 1.165) is 43.5 Å². The van der Waals surface area contributed by atoms with Crippen molar-refractivity contribution in [2.45, 2.75) is 0 Å². The van der Waals surface area contributed by atoms with E-state index in [2.05, 4.69) is 0 Å². The second-order valence-corrected chi connectivity index (χ2v) is 37.0. The van der Waals surface area contributed by atoms with Gasteiger partial charge in [-0.2, -0.15) is 0 Å². The Kier molecular flexibility index (Phi) is 13.2. The summed E-state index contributed by atoms with van der Waals surface area (Å²) in [6, 6.07) is 73.5. The zero-order chi connectivity index (χ0) is 126. The molecule has 0 saturated carbocycles. The maximum atomic E-state index is 9.90. The Hall–Kier alpha value is -20.1. The maximum Gasteiger partial charge on any atom is 0.164 e. The molecule has 150 heavy (non-hydrogen) atoms. The molecular weight excluding hydrogens is 1850 g/mol. The SMILES string of the molecule is [2H]c1c([2H])c(-c2cccc(-c3nc(-c4ccccc4)nc(-c4ccccc4)n3)c2)c2c(oc3c([2H])c4c5c([2H])c([2H])c([2H])c6c7c([2H])c([2H])c([2H])c([2H])c7n(c4c([2H])c32)c65)c1[2H].[2H]c1c([2H])c([2H])c2c(c1[2H])c1c3sc4ccccc4c3c([2H])c3c4c([2H])c(-c5cccc(-c6nc(-c7ccccc7)nc(-c7ccccc7)n6)c5)c([2H])c([2H])c4n2c31.[2H]c1c([2H])c([2H])c2c(oc3c2c([2H])c2c4c([2H])c(-c5cccc(-c6nc(-c7ccccc7)nc(-c7ccccc7)n6)c5)c([2H])c([2H])c4n4c5c([2H])c([2H])c([2H])c([2H])c5c3c24)c1[2H]. The van der Waals surface area contributed by atoms with Crippen LogP contribution in [0.1, 0.15) is 43.9 Å². The van der Waals surface area contributed by atoms with Crippen molar-refractivity contribution >= 4 is 190 Å². The number of hydrogen-bond acceptors (Lipinski definition) is 12. The largest absolute Gasteiger partial charge is 0.456 e. The summed E-state index contributed by atoms with van der Waals surface area (Å²) >= 11 is 1.45. The van der Waals surface area contributed by atoms with E-state index in [1.54, 1.807) is 65.1 Å². The summed E-state index contributed by atoms with van der Waals surface area (Å²) < 4.78 is 309. The molecule has 0 aliphatic heterocycles. The van der Waals surface area contributed by atoms with Gasteiger partial charge in [-0.3, -0.25) is 0 Å². The van der Waals surface area contributed by atoms with Gasteiger partial charge in [-0.05, 0) is 136 Å². The van der Waals surface area contributed by atoms with Crippen molar-refractivity contribution in [2.75, 3.05) is 0 Å². The Balaban J connectivity index is 0.000000116. The predicted molar refractivity (Wildman–Crippen MR) is 616 cm³/mol. The van der Waals surface area contributed by atoms with Gasteiger partial charge in [-0.25, -0.2) is 44.9 Å². The van der Waals surface area contributed by atoms with Crippen LogP contribution >= 0.6 is 11.3 Å². The predicted octanol–water partition coefficient (Wildman–Crippen LogP) is 35.2. The molecule has 0 aliphatic carbocycles. The number of thiophene rings is 1. The van der Waals surface area contributed by atoms with Gasteiger partial charge in [0.05, 0.1) is 98.9 Å². The minimum atomic E-state index is -0.569. The van der Waals surface area contributed by atoms with Gasteiger partial charge >= 0.3 is 0 Å². The van der Waals surface area contributed by atoms with Gasteiger partial charge in [0.25, 0.3) is 0 Å². The highest BCUT2D eigenvalue weighted by molar-refractivity contribution is 7.26. The molecule has 0 spiro atoms. The van der Waals surface area contributed by atoms with Crippen LogP contribution in [0.4, 0.5) is 0 Å². The lowest BCUT2D eigenvalue weighted by Gasteiger charge is -2.10. The molecule has 33 rings (SSSR count). The van der Waals surface area contributed by atoms with Crippen LogP contribution in [0.2, 0.25) is 0 Å². The van der Waals surface area contributed by atoms with Crippen LogP contribution in [-0.2, 0) is 0 Å². The van der Waals surface area contributed by atoms with E-state index in [9.17, 15) is 15.1 Å². The zero-order valence-corrected chi connectivity index (χ0v) is 78.5. The highest BCUT2D eigenvalue weighted by Gasteiger charge is 2.29. The number of para-hydroxylation sites is 5. The number of rotatable bonds is 12. The monoisotopic (exact) mass is 1960 g/mol. The molecule has 0 fully saturated rings. The summed E-state index contributed by atoms with van der Waals surface area (Å²) in [5.74, 6) is 3.70. The van der Waals surface area contributed by atoms with Gasteiger partial charge in [-0.1, -0.05) is 370 Å². The Morgan fingerprint density at radius 1 is 0.193 bits per heavy atom. The fourth-order valence-electron chi connectivity index (χ4n) is 20.7. The molecule has 0 bridgehead atoms. The van der Waals surface area contributed by atoms with Crippen LogP contribution in [0.15, 0.2) is 481 Å². The molecule has 0 radical (unpaired) electrons. The molecule has 696 valence electrons. The second kappa shape index (κ2) is 33.7. The van der Waals surface area contributed by atoms with E-state index in [1.807, 2.05) is 218 Å². The highest BCUT2D eigenvalue weighted by atomic mass is 32.1. The summed E-state index contributed by atoms with van der Waals surface area (Å²) in [7, 11) is 0. The number of furan rings is 2. The fourth-order valence-corrected chi connectivity index (χ4v) is 21.9. The van der Waals surface area contributed by atoms with Crippen molar-refractivity contribution in [2.24, 2.45) is 0 Å². The normalized spacial score (nSPS) is 15.0. The molecule has 14 nitrogen and oxygen atoms in total. The summed E-state index contributed by atoms with van der Waals surface area (Å²) in [4.78, 5) is 43.5. The van der Waals surface area contributed by atoms with Gasteiger partial charge in [-0.15, -0.1) is 11.3 Å². The van der Waals surface area contributed by atoms with E-state index >= 15 is 0 Å². The van der Waals surface area contributed by atoms with Crippen molar-refractivity contribution in [3.63, 3.8) is 0 Å². The Morgan fingerprint density at radius 3 is 1.06 bits per heavy atom. The van der Waals surface area contributed by atoms with Gasteiger partial charge < -0.3 is 22.0 Å². The van der Waals surface area contributed by atoms with Crippen molar-refractivity contribution < 1.29 is 52.7 Å². The molecule has 33 aromatic rings. The van der Waals surface area contributed by atoms with E-state index in [4.69, 9.17) is 82.5 Å². The van der Waals surface area contributed by atoms with Gasteiger partial charge in [0.2, 0.25) is 0 Å². The van der Waals surface area contributed by atoms with Crippen molar-refractivity contribution in [1.29, 1.82) is 0 Å². The van der Waals surface area contributed by atoms with Crippen LogP contribution in [0.3, 0.4) is 0 Å². The van der Waals surface area contributed by atoms with Gasteiger partial charge in [0.1, 0.15) is 22.3 Å². The van der Waals surface area contributed by atoms with Crippen LogP contribution in [-0.4, -0.2) is 58.1 Å². The first-order chi connectivity index (χ1) is 87.7. The first-order valence-corrected chi connectivity index (χ1v) is 48.6. The first-order valence-electron chi connectivity index (χ1n) is 63.8. The summed E-state index contributed by atoms with van der Waals surface area (Å²) in [5.41, 5.74) is 8.01. The number of nitrogens with zero attached hydrogens (tertiary/aromatic N) is 12. The highest BCUT2D eigenvalue weighted by Crippen LogP contribution is 2.52. The third kappa shape index (κ3) is 13.5. The molecule has 12 heterocycles. The molecule has 15 heteroatoms. The lowest BCUT2D eigenvalue weighted by Crippen LogP contribution is -2.00. The molecule has 12 aromatic heterocycles. The number of aromatic nitrogens is 12. The van der Waals surface area contributed by atoms with Crippen molar-refractivity contribution in [3.05, 3.63) is 472 Å². The zero-order valence-electron chi connectivity index (χ0n) is 110. The number of benzene rings is 21. The smallest absolute Gasteiger partial charge is 0.164 e. The molecule has 0 atom stereocenters. The van der Waals surface area contributed by atoms with Crippen LogP contribution in [0.5, 0.6) is 0 Å². The number of hydrogen-bond donors (Lipinski definition) is 0. The molecule has 0 aliphatic rings. The lowest BCUT2D eigenvalue weighted by atomic mass is 9.97. The Labute approximate surface area is 904 Å². The molecule has 0 amide bonds. The lowest BCUT2D eigenvalue weighted by molar-refractivity contribution is 0.669. The van der Waals surface area contributed by atoms with Crippen LogP contribution < -0.4 is 0 Å². The van der Waals surface area contributed by atoms with Crippen LogP contribution in [0.25, 0.3) is 314 Å². The molecule has 0 unspecified atom stereocenters. The number of fused-ring (bicyclic) bond motifs is 29. The standard InChI is InChI=1S/2C45H26N4O.C45H26N4S/c1-3-12-27(13-4-1)43-46-44(28-14-5-2-6-15-28)48-45(47-43)31-17-11-16-29(24-31)30-22-23-38-34(25-30)35-26-36-32-18-8-10-21-39(32)50-42(36)40-33-19-7-9-20-37(33)49(38)41(35)40;1-3-12-27(13-4-1)43-46-44(28-14-5-2-6-15-28)48-45(47-43)30-17-9-16-29(24-30)31-19-11-23-39-41(31)36-25-38-35(26-40(36)50-39)34-21-10-20-33-32-18-7-8-22-37(32)49(38)42(33)34;1-3-12-27(13-4-1)43-46-44(28-14-5-2-6-15-28)48-45(47-43)31-17-11-16-29(24-31)30-22-23-38-34(25-30)35-26-36-32-18-8-10-21-39(32)50-42(36)40-33-19-7-9-20-37(33)49(38)41(35)40/h3*1-26H/i7D,8D,9D,10D,18D,19D,20D,21D,22D,23D,25D,26D;7D,8D,10D,11D,18D,19D,20D,21D,22D,23D,25D,26D;7D,9D,19D,20D,22D,23D,25D,26D. The topological polar surface area (TPSA) is 156 Å². The summed E-state index contributed by atoms with van der Waals surface area (Å²) in [6.45, 7) is 0. The van der Waals surface area contributed by atoms with E-state index < -0.39 is 109 Å². The van der Waals surface area contributed by atoms with Gasteiger partial charge in [0.15, 0.2) is 52.4 Å². The minimum Gasteiger partial charge on any atom is -0.456 e. The average Bonchev–Trinajstić information content (AvgIpc) is 1.49. The third-order valence-corrected chi connectivity index (χ3v) is 28.5. The molecule has 0 saturated heterocycles. The van der Waals surface area contributed by atoms with E-state index in [1.165, 1.54) is 20.1 Å². The summed E-state index contributed by atoms with van der Waals surface area (Å²) in [6.07, 6.45) is 0. The summed E-state index contributed by atoms with van der Waals surface area (Å²) in [5, 5.41) is 2.94. The molecule has 0 N–H and O–H groups in total. The van der Waals surface area contributed by atoms with E-state index in [0.29, 0.717) is 118 Å². The molecule has 21 aromatic carbocycles. The quantitative estimate of drug-likeness (QED) is 0.115.